The molecule has 112 valence electrons. The van der Waals surface area contributed by atoms with Crippen molar-refractivity contribution in [3.63, 3.8) is 0 Å². The predicted molar refractivity (Wildman–Crippen MR) is 89.5 cm³/mol. The van der Waals surface area contributed by atoms with Crippen LogP contribution < -0.4 is 0 Å². The fourth-order valence-corrected chi connectivity index (χ4v) is 3.34. The van der Waals surface area contributed by atoms with E-state index in [9.17, 15) is 10.1 Å². The Hall–Kier alpha value is -1.24. The van der Waals surface area contributed by atoms with Gasteiger partial charge in [0.05, 0.1) is 9.40 Å². The Kier molecular flexibility index (Phi) is 5.50. The zero-order valence-electron chi connectivity index (χ0n) is 12.0. The van der Waals surface area contributed by atoms with Crippen molar-refractivity contribution in [1.82, 2.24) is 4.90 Å². The van der Waals surface area contributed by atoms with Gasteiger partial charge < -0.3 is 0 Å². The average molecular weight is 369 g/mol. The lowest BCUT2D eigenvalue weighted by molar-refractivity contribution is -0.385. The number of thiophene rings is 1. The highest BCUT2D eigenvalue weighted by atomic mass is 79.9. The molecular weight excluding hydrogens is 352 g/mol. The van der Waals surface area contributed by atoms with Crippen LogP contribution in [0.5, 0.6) is 0 Å². The molecule has 0 atom stereocenters. The van der Waals surface area contributed by atoms with Gasteiger partial charge in [0.2, 0.25) is 0 Å². The summed E-state index contributed by atoms with van der Waals surface area (Å²) in [6, 6.07) is 9.71. The van der Waals surface area contributed by atoms with Crippen molar-refractivity contribution < 1.29 is 4.92 Å². The maximum absolute atomic E-state index is 11.0. The molecule has 2 rings (SSSR count). The summed E-state index contributed by atoms with van der Waals surface area (Å²) < 4.78 is 0.576. The van der Waals surface area contributed by atoms with E-state index in [-0.39, 0.29) is 10.6 Å². The van der Waals surface area contributed by atoms with E-state index in [1.54, 1.807) is 17.4 Å². The summed E-state index contributed by atoms with van der Waals surface area (Å²) in [6.45, 7) is 5.81. The smallest absolute Gasteiger partial charge is 0.283 e. The van der Waals surface area contributed by atoms with Gasteiger partial charge in [0.25, 0.3) is 5.69 Å². The standard InChI is InChI=1S/C15H17BrN2O2S/c1-11(2)17(10-13-6-4-8-21-13)9-12-5-3-7-14(15(12)16)18(19)20/h3-8,11H,9-10H2,1-2H3. The summed E-state index contributed by atoms with van der Waals surface area (Å²) in [4.78, 5) is 14.3. The van der Waals surface area contributed by atoms with Gasteiger partial charge in [-0.2, -0.15) is 0 Å². The third-order valence-corrected chi connectivity index (χ3v) is 5.07. The van der Waals surface area contributed by atoms with Crippen LogP contribution in [-0.4, -0.2) is 15.9 Å². The summed E-state index contributed by atoms with van der Waals surface area (Å²) in [6.07, 6.45) is 0. The number of nitro benzene ring substituents is 1. The van der Waals surface area contributed by atoms with Crippen LogP contribution in [-0.2, 0) is 13.1 Å². The summed E-state index contributed by atoms with van der Waals surface area (Å²) >= 11 is 5.10. The summed E-state index contributed by atoms with van der Waals surface area (Å²) in [7, 11) is 0. The second-order valence-corrected chi connectivity index (χ2v) is 6.91. The first-order valence-electron chi connectivity index (χ1n) is 6.67. The zero-order chi connectivity index (χ0) is 15.4. The molecule has 0 radical (unpaired) electrons. The Morgan fingerprint density at radius 1 is 1.29 bits per heavy atom. The van der Waals surface area contributed by atoms with Crippen molar-refractivity contribution in [3.05, 3.63) is 60.7 Å². The molecule has 0 saturated carbocycles. The molecule has 0 saturated heterocycles. The zero-order valence-corrected chi connectivity index (χ0v) is 14.4. The second-order valence-electron chi connectivity index (χ2n) is 5.09. The molecule has 1 heterocycles. The van der Waals surface area contributed by atoms with Gasteiger partial charge in [-0.05, 0) is 46.8 Å². The first-order chi connectivity index (χ1) is 9.99. The van der Waals surface area contributed by atoms with E-state index in [0.717, 1.165) is 12.1 Å². The molecular formula is C15H17BrN2O2S. The van der Waals surface area contributed by atoms with E-state index in [4.69, 9.17) is 0 Å². The van der Waals surface area contributed by atoms with Crippen LogP contribution in [0.25, 0.3) is 0 Å². The van der Waals surface area contributed by atoms with Crippen LogP contribution >= 0.6 is 27.3 Å². The lowest BCUT2D eigenvalue weighted by Crippen LogP contribution is -2.29. The third kappa shape index (κ3) is 4.12. The molecule has 21 heavy (non-hydrogen) atoms. The molecule has 0 unspecified atom stereocenters. The second kappa shape index (κ2) is 7.15. The molecule has 1 aromatic carbocycles. The SMILES string of the molecule is CC(C)N(Cc1cccs1)Cc1cccc([N+](=O)[O-])c1Br. The molecule has 0 fully saturated rings. The maximum atomic E-state index is 11.0. The van der Waals surface area contributed by atoms with E-state index in [2.05, 4.69) is 46.1 Å². The Morgan fingerprint density at radius 3 is 2.62 bits per heavy atom. The van der Waals surface area contributed by atoms with Crippen molar-refractivity contribution >= 4 is 33.0 Å². The first kappa shape index (κ1) is 16.1. The van der Waals surface area contributed by atoms with Crippen molar-refractivity contribution in [2.75, 3.05) is 0 Å². The third-order valence-electron chi connectivity index (χ3n) is 3.30. The van der Waals surface area contributed by atoms with Gasteiger partial charge in [0, 0.05) is 30.1 Å². The lowest BCUT2D eigenvalue weighted by Gasteiger charge is -2.26. The summed E-state index contributed by atoms with van der Waals surface area (Å²) in [5.74, 6) is 0. The quantitative estimate of drug-likeness (QED) is 0.541. The maximum Gasteiger partial charge on any atom is 0.283 e. The minimum absolute atomic E-state index is 0.118. The lowest BCUT2D eigenvalue weighted by atomic mass is 10.1. The van der Waals surface area contributed by atoms with Crippen molar-refractivity contribution in [2.24, 2.45) is 0 Å². The van der Waals surface area contributed by atoms with E-state index in [1.165, 1.54) is 10.9 Å². The predicted octanol–water partition coefficient (Wildman–Crippen LogP) is 4.83. The van der Waals surface area contributed by atoms with Crippen LogP contribution in [0.1, 0.15) is 24.3 Å². The largest absolute Gasteiger partial charge is 0.292 e. The van der Waals surface area contributed by atoms with E-state index < -0.39 is 0 Å². The van der Waals surface area contributed by atoms with Gasteiger partial charge in [-0.15, -0.1) is 11.3 Å². The highest BCUT2D eigenvalue weighted by molar-refractivity contribution is 9.10. The highest BCUT2D eigenvalue weighted by Gasteiger charge is 2.18. The fraction of sp³-hybridized carbons (Fsp3) is 0.333. The summed E-state index contributed by atoms with van der Waals surface area (Å²) in [5, 5.41) is 13.1. The van der Waals surface area contributed by atoms with Gasteiger partial charge in [-0.25, -0.2) is 0 Å². The monoisotopic (exact) mass is 368 g/mol. The molecule has 0 N–H and O–H groups in total. The number of nitro groups is 1. The molecule has 0 spiro atoms. The Morgan fingerprint density at radius 2 is 2.05 bits per heavy atom. The number of hydrogen-bond acceptors (Lipinski definition) is 4. The molecule has 6 heteroatoms. The van der Waals surface area contributed by atoms with Gasteiger partial charge >= 0.3 is 0 Å². The molecule has 0 bridgehead atoms. The molecule has 1 aromatic heterocycles. The topological polar surface area (TPSA) is 46.4 Å². The molecule has 4 nitrogen and oxygen atoms in total. The molecule has 0 amide bonds. The van der Waals surface area contributed by atoms with Crippen molar-refractivity contribution in [3.8, 4) is 0 Å². The highest BCUT2D eigenvalue weighted by Crippen LogP contribution is 2.30. The minimum atomic E-state index is -0.355. The van der Waals surface area contributed by atoms with Gasteiger partial charge in [-0.1, -0.05) is 18.2 Å². The van der Waals surface area contributed by atoms with Gasteiger partial charge in [-0.3, -0.25) is 15.0 Å². The Balaban J connectivity index is 2.21. The molecule has 0 aliphatic carbocycles. The minimum Gasteiger partial charge on any atom is -0.292 e. The van der Waals surface area contributed by atoms with Gasteiger partial charge in [0.15, 0.2) is 0 Å². The number of hydrogen-bond donors (Lipinski definition) is 0. The molecule has 2 aromatic rings. The van der Waals surface area contributed by atoms with Crippen LogP contribution in [0.15, 0.2) is 40.2 Å². The van der Waals surface area contributed by atoms with E-state index in [0.29, 0.717) is 17.1 Å². The van der Waals surface area contributed by atoms with Crippen LogP contribution in [0, 0.1) is 10.1 Å². The molecule has 0 aliphatic heterocycles. The summed E-state index contributed by atoms with van der Waals surface area (Å²) in [5.41, 5.74) is 1.06. The average Bonchev–Trinajstić information content (AvgIpc) is 2.92. The Bertz CT molecular complexity index is 614. The van der Waals surface area contributed by atoms with Gasteiger partial charge in [0.1, 0.15) is 0 Å². The fourth-order valence-electron chi connectivity index (χ4n) is 2.07. The van der Waals surface area contributed by atoms with Crippen molar-refractivity contribution in [1.29, 1.82) is 0 Å². The number of nitrogens with zero attached hydrogens (tertiary/aromatic N) is 2. The Labute approximate surface area is 136 Å². The van der Waals surface area contributed by atoms with E-state index in [1.807, 2.05) is 12.1 Å². The number of halogens is 1. The van der Waals surface area contributed by atoms with E-state index >= 15 is 0 Å². The van der Waals surface area contributed by atoms with Crippen LogP contribution in [0.2, 0.25) is 0 Å². The van der Waals surface area contributed by atoms with Crippen LogP contribution in [0.4, 0.5) is 5.69 Å². The van der Waals surface area contributed by atoms with Crippen LogP contribution in [0.3, 0.4) is 0 Å². The number of benzene rings is 1. The van der Waals surface area contributed by atoms with Crippen molar-refractivity contribution in [2.45, 2.75) is 33.0 Å². The molecule has 0 aliphatic rings. The normalized spacial score (nSPS) is 11.3. The number of rotatable bonds is 6. The first-order valence-corrected chi connectivity index (χ1v) is 8.34.